The van der Waals surface area contributed by atoms with Crippen LogP contribution < -0.4 is 4.90 Å². The highest BCUT2D eigenvalue weighted by Crippen LogP contribution is 2.29. The average molecular weight is 254 g/mol. The molecule has 0 unspecified atom stereocenters. The van der Waals surface area contributed by atoms with Crippen molar-refractivity contribution in [2.75, 3.05) is 25.5 Å². The number of carbonyl (C=O) groups excluding carboxylic acids is 1. The molecule has 0 aliphatic carbocycles. The molecule has 0 atom stereocenters. The summed E-state index contributed by atoms with van der Waals surface area (Å²) < 4.78 is 25.1. The molecule has 1 aromatic rings. The topological polar surface area (TPSA) is 57.7 Å². The molecule has 0 radical (unpaired) electrons. The number of rotatable bonds is 3. The largest absolute Gasteiger partial charge is 0.314 e. The zero-order valence-corrected chi connectivity index (χ0v) is 10.6. The van der Waals surface area contributed by atoms with Crippen molar-refractivity contribution in [2.45, 2.75) is 11.3 Å². The van der Waals surface area contributed by atoms with Crippen LogP contribution in [0.1, 0.15) is 5.56 Å². The zero-order valence-electron chi connectivity index (χ0n) is 9.75. The van der Waals surface area contributed by atoms with Gasteiger partial charge in [-0.2, -0.15) is 0 Å². The van der Waals surface area contributed by atoms with Gasteiger partial charge in [-0.05, 0) is 24.1 Å². The van der Waals surface area contributed by atoms with Crippen LogP contribution in [0.4, 0.5) is 5.69 Å². The summed E-state index contributed by atoms with van der Waals surface area (Å²) in [6.07, 6.45) is 1.51. The van der Waals surface area contributed by atoms with E-state index in [9.17, 15) is 13.2 Å². The van der Waals surface area contributed by atoms with Crippen LogP contribution in [-0.2, 0) is 21.2 Å². The minimum absolute atomic E-state index is 0.218. The monoisotopic (exact) mass is 254 g/mol. The van der Waals surface area contributed by atoms with Crippen LogP contribution in [0.15, 0.2) is 23.1 Å². The molecule has 0 spiro atoms. The van der Waals surface area contributed by atoms with E-state index in [2.05, 4.69) is 0 Å². The van der Waals surface area contributed by atoms with Gasteiger partial charge in [-0.15, -0.1) is 0 Å². The summed E-state index contributed by atoms with van der Waals surface area (Å²) in [4.78, 5) is 12.6. The second-order valence-corrected chi connectivity index (χ2v) is 6.28. The molecule has 5 nitrogen and oxygen atoms in total. The zero-order chi connectivity index (χ0) is 12.6. The van der Waals surface area contributed by atoms with Crippen LogP contribution in [-0.4, -0.2) is 39.8 Å². The molecular formula is C11H14N2O3S. The van der Waals surface area contributed by atoms with E-state index in [-0.39, 0.29) is 4.90 Å². The first-order valence-corrected chi connectivity index (χ1v) is 6.68. The van der Waals surface area contributed by atoms with Crippen molar-refractivity contribution in [3.05, 3.63) is 23.8 Å². The number of anilines is 1. The van der Waals surface area contributed by atoms with E-state index < -0.39 is 10.0 Å². The third kappa shape index (κ3) is 1.94. The average Bonchev–Trinajstić information content (AvgIpc) is 2.70. The fourth-order valence-corrected chi connectivity index (χ4v) is 2.79. The minimum Gasteiger partial charge on any atom is -0.314 e. The molecule has 1 aliphatic rings. The molecule has 0 N–H and O–H groups in total. The predicted octanol–water partition coefficient (Wildman–Crippen LogP) is 0.456. The molecule has 1 heterocycles. The Balaban J connectivity index is 2.51. The molecule has 1 aromatic carbocycles. The number of amides is 1. The van der Waals surface area contributed by atoms with Crippen LogP contribution in [0.2, 0.25) is 0 Å². The first-order chi connectivity index (χ1) is 7.96. The quantitative estimate of drug-likeness (QED) is 0.736. The van der Waals surface area contributed by atoms with Gasteiger partial charge in [-0.3, -0.25) is 4.79 Å². The number of hydrogen-bond acceptors (Lipinski definition) is 3. The Morgan fingerprint density at radius 2 is 2.06 bits per heavy atom. The van der Waals surface area contributed by atoms with E-state index in [4.69, 9.17) is 0 Å². The van der Waals surface area contributed by atoms with Crippen molar-refractivity contribution in [2.24, 2.45) is 0 Å². The van der Waals surface area contributed by atoms with E-state index >= 15 is 0 Å². The summed E-state index contributed by atoms with van der Waals surface area (Å²) in [5.41, 5.74) is 1.71. The molecule has 17 heavy (non-hydrogen) atoms. The standard InChI is InChI=1S/C11H14N2O3S/c1-12(2)17(15,16)10-4-3-9-5-6-13(8-14)11(9)7-10/h3-4,7-8H,5-6H2,1-2H3. The molecule has 0 aromatic heterocycles. The highest BCUT2D eigenvalue weighted by Gasteiger charge is 2.23. The van der Waals surface area contributed by atoms with Gasteiger partial charge in [-0.1, -0.05) is 6.07 Å². The van der Waals surface area contributed by atoms with Crippen LogP contribution in [0.3, 0.4) is 0 Å². The Kier molecular flexibility index (Phi) is 2.92. The predicted molar refractivity (Wildman–Crippen MR) is 64.4 cm³/mol. The van der Waals surface area contributed by atoms with Crippen LogP contribution >= 0.6 is 0 Å². The number of hydrogen-bond donors (Lipinski definition) is 0. The van der Waals surface area contributed by atoms with Crippen molar-refractivity contribution >= 4 is 22.1 Å². The lowest BCUT2D eigenvalue weighted by molar-refractivity contribution is -0.107. The van der Waals surface area contributed by atoms with Gasteiger partial charge >= 0.3 is 0 Å². The second-order valence-electron chi connectivity index (χ2n) is 4.13. The number of benzene rings is 1. The van der Waals surface area contributed by atoms with Gasteiger partial charge in [-0.25, -0.2) is 12.7 Å². The number of sulfonamides is 1. The molecule has 0 bridgehead atoms. The normalized spacial score (nSPS) is 15.1. The SMILES string of the molecule is CN(C)S(=O)(=O)c1ccc2c(c1)N(C=O)CC2. The Labute approximate surface area is 101 Å². The Bertz CT molecular complexity index is 552. The van der Waals surface area contributed by atoms with Crippen LogP contribution in [0, 0.1) is 0 Å². The van der Waals surface area contributed by atoms with Gasteiger partial charge in [0.15, 0.2) is 0 Å². The van der Waals surface area contributed by atoms with Crippen molar-refractivity contribution in [1.29, 1.82) is 0 Å². The van der Waals surface area contributed by atoms with E-state index in [1.165, 1.54) is 19.0 Å². The highest BCUT2D eigenvalue weighted by molar-refractivity contribution is 7.89. The lowest BCUT2D eigenvalue weighted by Crippen LogP contribution is -2.23. The minimum atomic E-state index is -3.44. The molecule has 6 heteroatoms. The number of fused-ring (bicyclic) bond motifs is 1. The van der Waals surface area contributed by atoms with Crippen LogP contribution in [0.5, 0.6) is 0 Å². The van der Waals surface area contributed by atoms with Crippen molar-refractivity contribution in [1.82, 2.24) is 4.31 Å². The van der Waals surface area contributed by atoms with Gasteiger partial charge in [0, 0.05) is 26.3 Å². The Morgan fingerprint density at radius 1 is 1.35 bits per heavy atom. The third-order valence-corrected chi connectivity index (χ3v) is 4.71. The Morgan fingerprint density at radius 3 is 2.65 bits per heavy atom. The molecule has 1 aliphatic heterocycles. The van der Waals surface area contributed by atoms with Crippen molar-refractivity contribution < 1.29 is 13.2 Å². The van der Waals surface area contributed by atoms with E-state index in [0.29, 0.717) is 12.2 Å². The number of nitrogens with zero attached hydrogens (tertiary/aromatic N) is 2. The van der Waals surface area contributed by atoms with Gasteiger partial charge in [0.25, 0.3) is 0 Å². The van der Waals surface area contributed by atoms with Crippen molar-refractivity contribution in [3.63, 3.8) is 0 Å². The summed E-state index contributed by atoms with van der Waals surface area (Å²) in [7, 11) is -0.467. The maximum Gasteiger partial charge on any atom is 0.242 e. The van der Waals surface area contributed by atoms with Crippen molar-refractivity contribution in [3.8, 4) is 0 Å². The lowest BCUT2D eigenvalue weighted by Gasteiger charge is -2.14. The molecule has 92 valence electrons. The number of carbonyl (C=O) groups is 1. The molecule has 2 rings (SSSR count). The van der Waals surface area contributed by atoms with Gasteiger partial charge < -0.3 is 4.90 Å². The smallest absolute Gasteiger partial charge is 0.242 e. The Hall–Kier alpha value is -1.40. The highest BCUT2D eigenvalue weighted by atomic mass is 32.2. The maximum absolute atomic E-state index is 11.9. The summed E-state index contributed by atoms with van der Waals surface area (Å²) in [6.45, 7) is 0.615. The fourth-order valence-electron chi connectivity index (χ4n) is 1.86. The van der Waals surface area contributed by atoms with Gasteiger partial charge in [0.05, 0.1) is 4.90 Å². The summed E-state index contributed by atoms with van der Waals surface area (Å²) in [5.74, 6) is 0. The third-order valence-electron chi connectivity index (χ3n) is 2.89. The summed E-state index contributed by atoms with van der Waals surface area (Å²) in [6, 6.07) is 4.92. The second kappa shape index (κ2) is 4.12. The molecule has 0 saturated carbocycles. The van der Waals surface area contributed by atoms with E-state index in [1.54, 1.807) is 18.2 Å². The van der Waals surface area contributed by atoms with Gasteiger partial charge in [0.1, 0.15) is 0 Å². The fraction of sp³-hybridized carbons (Fsp3) is 0.364. The molecular weight excluding hydrogens is 240 g/mol. The molecule has 0 saturated heterocycles. The first kappa shape index (κ1) is 12.1. The van der Waals surface area contributed by atoms with E-state index in [1.807, 2.05) is 0 Å². The first-order valence-electron chi connectivity index (χ1n) is 5.24. The van der Waals surface area contributed by atoms with Gasteiger partial charge in [0.2, 0.25) is 16.4 Å². The lowest BCUT2D eigenvalue weighted by atomic mass is 10.2. The van der Waals surface area contributed by atoms with Crippen LogP contribution in [0.25, 0.3) is 0 Å². The molecule has 1 amide bonds. The molecule has 0 fully saturated rings. The summed E-state index contributed by atoms with van der Waals surface area (Å²) in [5, 5.41) is 0. The summed E-state index contributed by atoms with van der Waals surface area (Å²) >= 11 is 0. The van der Waals surface area contributed by atoms with E-state index in [0.717, 1.165) is 22.7 Å². The maximum atomic E-state index is 11.9.